The number of rotatable bonds is 7. The molecule has 0 saturated heterocycles. The van der Waals surface area contributed by atoms with E-state index in [0.29, 0.717) is 0 Å². The minimum atomic E-state index is -4.53. The highest BCUT2D eigenvalue weighted by Crippen LogP contribution is 2.23. The van der Waals surface area contributed by atoms with Gasteiger partial charge in [-0.2, -0.15) is 22.7 Å². The molecule has 1 aromatic rings. The Morgan fingerprint density at radius 3 is 2.19 bits per heavy atom. The van der Waals surface area contributed by atoms with Crippen LogP contribution in [0.5, 0.6) is 0 Å². The molecule has 0 aromatic heterocycles. The Bertz CT molecular complexity index is 792. The maximum absolute atomic E-state index is 12.8. The highest BCUT2D eigenvalue weighted by atomic mass is 32.2. The largest absolute Gasteiger partial charge is 0.405 e. The molecule has 1 amide bonds. The monoisotopic (exact) mass is 405 g/mol. The van der Waals surface area contributed by atoms with Gasteiger partial charge >= 0.3 is 6.18 Å². The van der Waals surface area contributed by atoms with Crippen LogP contribution in [-0.2, 0) is 10.0 Å². The van der Waals surface area contributed by atoms with Gasteiger partial charge in [-0.1, -0.05) is 20.8 Å². The lowest BCUT2D eigenvalue weighted by Gasteiger charge is -2.28. The smallest absolute Gasteiger partial charge is 0.343 e. The first kappa shape index (κ1) is 22.9. The molecule has 0 unspecified atom stereocenters. The zero-order valence-corrected chi connectivity index (χ0v) is 16.1. The maximum atomic E-state index is 12.8. The SMILES string of the molecule is CC(C)(C)CN(CCC#N)S(=O)(=O)c1ccc(C(=O)NCC(F)(F)F)cc1. The second-order valence-electron chi connectivity index (χ2n) is 7.13. The van der Waals surface area contributed by atoms with Crippen molar-refractivity contribution in [2.45, 2.75) is 38.3 Å². The van der Waals surface area contributed by atoms with Crippen LogP contribution in [0.2, 0.25) is 0 Å². The molecule has 0 heterocycles. The van der Waals surface area contributed by atoms with E-state index in [1.807, 2.05) is 26.8 Å². The summed E-state index contributed by atoms with van der Waals surface area (Å²) in [6.07, 6.45) is -4.51. The molecule has 0 spiro atoms. The fraction of sp³-hybridized carbons (Fsp3) is 0.529. The first-order valence-corrected chi connectivity index (χ1v) is 9.52. The molecule has 6 nitrogen and oxygen atoms in total. The van der Waals surface area contributed by atoms with Crippen molar-refractivity contribution in [3.05, 3.63) is 29.8 Å². The van der Waals surface area contributed by atoms with Gasteiger partial charge < -0.3 is 5.32 Å². The van der Waals surface area contributed by atoms with Crippen LogP contribution in [0.3, 0.4) is 0 Å². The van der Waals surface area contributed by atoms with Crippen LogP contribution in [0.25, 0.3) is 0 Å². The number of halogens is 3. The van der Waals surface area contributed by atoms with Crippen molar-refractivity contribution in [3.8, 4) is 6.07 Å². The lowest BCUT2D eigenvalue weighted by atomic mass is 9.97. The number of carbonyl (C=O) groups excluding carboxylic acids is 1. The summed E-state index contributed by atoms with van der Waals surface area (Å²) in [5, 5.41) is 10.5. The Morgan fingerprint density at radius 2 is 1.74 bits per heavy atom. The van der Waals surface area contributed by atoms with Gasteiger partial charge in [0.25, 0.3) is 5.91 Å². The van der Waals surface area contributed by atoms with E-state index in [1.54, 1.807) is 5.32 Å². The van der Waals surface area contributed by atoms with Crippen LogP contribution in [0.15, 0.2) is 29.2 Å². The van der Waals surface area contributed by atoms with Crippen molar-refractivity contribution in [3.63, 3.8) is 0 Å². The summed E-state index contributed by atoms with van der Waals surface area (Å²) in [5.41, 5.74) is -0.433. The Labute approximate surface area is 157 Å². The van der Waals surface area contributed by atoms with Gasteiger partial charge in [-0.3, -0.25) is 4.79 Å². The molecule has 0 saturated carbocycles. The zero-order chi connectivity index (χ0) is 20.9. The van der Waals surface area contributed by atoms with Gasteiger partial charge in [0.1, 0.15) is 6.54 Å². The highest BCUT2D eigenvalue weighted by Gasteiger charge is 2.29. The third-order valence-electron chi connectivity index (χ3n) is 3.33. The van der Waals surface area contributed by atoms with Crippen molar-refractivity contribution in [1.29, 1.82) is 5.26 Å². The summed E-state index contributed by atoms with van der Waals surface area (Å²) in [6.45, 7) is 4.30. The van der Waals surface area contributed by atoms with E-state index in [4.69, 9.17) is 5.26 Å². The lowest BCUT2D eigenvalue weighted by Crippen LogP contribution is -2.38. The zero-order valence-electron chi connectivity index (χ0n) is 15.3. The average molecular weight is 405 g/mol. The molecule has 1 rings (SSSR count). The van der Waals surface area contributed by atoms with Crippen molar-refractivity contribution in [2.75, 3.05) is 19.6 Å². The number of nitriles is 1. The van der Waals surface area contributed by atoms with Crippen LogP contribution in [0.1, 0.15) is 37.6 Å². The average Bonchev–Trinajstić information content (AvgIpc) is 2.54. The van der Waals surface area contributed by atoms with E-state index in [9.17, 15) is 26.4 Å². The highest BCUT2D eigenvalue weighted by molar-refractivity contribution is 7.89. The first-order chi connectivity index (χ1) is 12.3. The van der Waals surface area contributed by atoms with Crippen LogP contribution in [0, 0.1) is 16.7 Å². The Kier molecular flexibility index (Phi) is 7.40. The van der Waals surface area contributed by atoms with Gasteiger partial charge in [0.2, 0.25) is 10.0 Å². The minimum Gasteiger partial charge on any atom is -0.343 e. The minimum absolute atomic E-state index is 0.0178. The molecule has 1 aromatic carbocycles. The summed E-state index contributed by atoms with van der Waals surface area (Å²) >= 11 is 0. The van der Waals surface area contributed by atoms with E-state index in [1.165, 1.54) is 16.4 Å². The molecule has 150 valence electrons. The molecule has 0 aliphatic heterocycles. The second kappa shape index (κ2) is 8.71. The Morgan fingerprint density at radius 1 is 1.19 bits per heavy atom. The van der Waals surface area contributed by atoms with E-state index in [2.05, 4.69) is 0 Å². The van der Waals surface area contributed by atoms with E-state index in [0.717, 1.165) is 12.1 Å². The van der Waals surface area contributed by atoms with Gasteiger partial charge in [0, 0.05) is 25.1 Å². The maximum Gasteiger partial charge on any atom is 0.405 e. The molecule has 0 atom stereocenters. The van der Waals surface area contributed by atoms with Crippen molar-refractivity contribution in [1.82, 2.24) is 9.62 Å². The summed E-state index contributed by atoms with van der Waals surface area (Å²) < 4.78 is 63.3. The number of carbonyl (C=O) groups is 1. The number of hydrogen-bond acceptors (Lipinski definition) is 4. The standard InChI is InChI=1S/C17H22F3N3O3S/c1-16(2,3)12-23(10-4-9-21)27(25,26)14-7-5-13(6-8-14)15(24)22-11-17(18,19)20/h5-8H,4,10-12H2,1-3H3,(H,22,24). The van der Waals surface area contributed by atoms with Gasteiger partial charge in [0.15, 0.2) is 0 Å². The number of hydrogen-bond donors (Lipinski definition) is 1. The third-order valence-corrected chi connectivity index (χ3v) is 5.19. The molecule has 0 radical (unpaired) electrons. The third kappa shape index (κ3) is 7.56. The molecule has 0 bridgehead atoms. The van der Waals surface area contributed by atoms with Gasteiger partial charge in [-0.05, 0) is 29.7 Å². The van der Waals surface area contributed by atoms with Crippen molar-refractivity contribution in [2.24, 2.45) is 5.41 Å². The predicted octanol–water partition coefficient (Wildman–Crippen LogP) is 2.93. The van der Waals surface area contributed by atoms with Gasteiger partial charge in [0.05, 0.1) is 11.0 Å². The summed E-state index contributed by atoms with van der Waals surface area (Å²) in [6, 6.07) is 6.54. The van der Waals surface area contributed by atoms with Crippen LogP contribution >= 0.6 is 0 Å². The number of alkyl halides is 3. The van der Waals surface area contributed by atoms with Crippen molar-refractivity contribution < 1.29 is 26.4 Å². The predicted molar refractivity (Wildman–Crippen MR) is 93.3 cm³/mol. The van der Waals surface area contributed by atoms with E-state index < -0.39 is 28.7 Å². The number of nitrogens with one attached hydrogen (secondary N) is 1. The van der Waals surface area contributed by atoms with Crippen molar-refractivity contribution >= 4 is 15.9 Å². The number of nitrogens with zero attached hydrogens (tertiary/aromatic N) is 2. The first-order valence-electron chi connectivity index (χ1n) is 8.08. The van der Waals surface area contributed by atoms with Crippen LogP contribution < -0.4 is 5.32 Å². The molecular weight excluding hydrogens is 383 g/mol. The fourth-order valence-corrected chi connectivity index (χ4v) is 3.86. The number of amides is 1. The molecule has 10 heteroatoms. The number of benzene rings is 1. The molecule has 1 N–H and O–H groups in total. The fourth-order valence-electron chi connectivity index (χ4n) is 2.20. The topological polar surface area (TPSA) is 90.3 Å². The summed E-state index contributed by atoms with van der Waals surface area (Å²) in [5.74, 6) is -0.952. The summed E-state index contributed by atoms with van der Waals surface area (Å²) in [4.78, 5) is 11.6. The second-order valence-corrected chi connectivity index (χ2v) is 9.07. The van der Waals surface area contributed by atoms with Crippen LogP contribution in [0.4, 0.5) is 13.2 Å². The quantitative estimate of drug-likeness (QED) is 0.755. The Hall–Kier alpha value is -2.12. The molecule has 0 fully saturated rings. The molecule has 27 heavy (non-hydrogen) atoms. The van der Waals surface area contributed by atoms with E-state index in [-0.39, 0.29) is 35.4 Å². The van der Waals surface area contributed by atoms with Gasteiger partial charge in [-0.15, -0.1) is 0 Å². The lowest BCUT2D eigenvalue weighted by molar-refractivity contribution is -0.123. The van der Waals surface area contributed by atoms with Crippen LogP contribution in [-0.4, -0.2) is 44.4 Å². The number of sulfonamides is 1. The van der Waals surface area contributed by atoms with E-state index >= 15 is 0 Å². The summed E-state index contributed by atoms with van der Waals surface area (Å²) in [7, 11) is -3.91. The van der Waals surface area contributed by atoms with Gasteiger partial charge in [-0.25, -0.2) is 8.42 Å². The Balaban J connectivity index is 3.02. The molecular formula is C17H22F3N3O3S. The normalized spacial score (nSPS) is 12.7. The molecule has 0 aliphatic carbocycles. The molecule has 0 aliphatic rings.